The maximum absolute atomic E-state index is 11.2. The largest absolute Gasteiger partial charge is 0.480 e. The van der Waals surface area contributed by atoms with E-state index in [1.165, 1.54) is 0 Å². The Morgan fingerprint density at radius 3 is 1.23 bits per heavy atom. The quantitative estimate of drug-likeness (QED) is 0.240. The molecule has 0 saturated carbocycles. The van der Waals surface area contributed by atoms with Crippen molar-refractivity contribution in [1.82, 2.24) is 19.6 Å². The molecule has 1 unspecified atom stereocenters. The van der Waals surface area contributed by atoms with E-state index >= 15 is 0 Å². The summed E-state index contributed by atoms with van der Waals surface area (Å²) >= 11 is 0. The second-order valence-corrected chi connectivity index (χ2v) is 7.39. The fraction of sp³-hybridized carbons (Fsp3) is 0.833. The summed E-state index contributed by atoms with van der Waals surface area (Å²) in [5, 5.41) is 46.5. The molecule has 0 spiro atoms. The Morgan fingerprint density at radius 1 is 0.633 bits per heavy atom. The van der Waals surface area contributed by atoms with Gasteiger partial charge in [0.2, 0.25) is 0 Å². The molecule has 1 aliphatic rings. The molecule has 0 amide bonds. The molecule has 1 rings (SSSR count). The number of carboxylic acids is 3. The van der Waals surface area contributed by atoms with E-state index in [9.17, 15) is 34.8 Å². The van der Waals surface area contributed by atoms with Gasteiger partial charge in [0.05, 0.1) is 26.2 Å². The number of hydrogen-bond acceptors (Lipinski definition) is 9. The first kappa shape index (κ1) is 26.2. The van der Waals surface area contributed by atoms with Gasteiger partial charge in [0, 0.05) is 65.0 Å². The first-order chi connectivity index (χ1) is 14.2. The van der Waals surface area contributed by atoms with Gasteiger partial charge in [-0.25, -0.2) is 0 Å². The maximum atomic E-state index is 11.2. The van der Waals surface area contributed by atoms with Crippen LogP contribution in [-0.2, 0) is 14.4 Å². The number of carboxylic acid groups (broad SMARTS) is 3. The molecule has 12 nitrogen and oxygen atoms in total. The summed E-state index contributed by atoms with van der Waals surface area (Å²) in [7, 11) is 0. The van der Waals surface area contributed by atoms with Crippen LogP contribution in [0.25, 0.3) is 0 Å². The molecule has 30 heavy (non-hydrogen) atoms. The molecule has 1 fully saturated rings. The number of carbonyl (C=O) groups is 3. The van der Waals surface area contributed by atoms with Crippen molar-refractivity contribution in [1.29, 1.82) is 0 Å². The highest BCUT2D eigenvalue weighted by atomic mass is 16.4. The Labute approximate surface area is 175 Å². The minimum absolute atomic E-state index is 0.108. The van der Waals surface area contributed by atoms with E-state index in [2.05, 4.69) is 0 Å². The van der Waals surface area contributed by atoms with Crippen LogP contribution >= 0.6 is 0 Å². The molecule has 0 radical (unpaired) electrons. The maximum Gasteiger partial charge on any atom is 0.317 e. The van der Waals surface area contributed by atoms with Crippen LogP contribution in [-0.4, -0.2) is 154 Å². The minimum Gasteiger partial charge on any atom is -0.480 e. The zero-order valence-corrected chi connectivity index (χ0v) is 17.2. The van der Waals surface area contributed by atoms with Crippen LogP contribution < -0.4 is 0 Å². The molecule has 1 heterocycles. The molecule has 1 atom stereocenters. The Morgan fingerprint density at radius 2 is 0.967 bits per heavy atom. The summed E-state index contributed by atoms with van der Waals surface area (Å²) in [6.45, 7) is 2.10. The van der Waals surface area contributed by atoms with Crippen molar-refractivity contribution in [2.75, 3.05) is 85.2 Å². The van der Waals surface area contributed by atoms with Crippen LogP contribution in [0.5, 0.6) is 0 Å². The lowest BCUT2D eigenvalue weighted by atomic mass is 10.2. The topological polar surface area (TPSA) is 165 Å². The van der Waals surface area contributed by atoms with Gasteiger partial charge in [0.1, 0.15) is 0 Å². The summed E-state index contributed by atoms with van der Waals surface area (Å²) < 4.78 is 0. The smallest absolute Gasteiger partial charge is 0.317 e. The van der Waals surface area contributed by atoms with Gasteiger partial charge in [0.25, 0.3) is 0 Å². The van der Waals surface area contributed by atoms with Crippen LogP contribution in [0, 0.1) is 0 Å². The zero-order chi connectivity index (χ0) is 22.5. The molecule has 5 N–H and O–H groups in total. The van der Waals surface area contributed by atoms with Crippen molar-refractivity contribution in [3.8, 4) is 0 Å². The average molecular weight is 434 g/mol. The zero-order valence-electron chi connectivity index (χ0n) is 17.2. The van der Waals surface area contributed by atoms with E-state index in [0.29, 0.717) is 58.8 Å². The van der Waals surface area contributed by atoms with Gasteiger partial charge in [-0.15, -0.1) is 0 Å². The normalized spacial score (nSPS) is 20.2. The first-order valence-electron chi connectivity index (χ1n) is 10.0. The van der Waals surface area contributed by atoms with Crippen molar-refractivity contribution in [2.24, 2.45) is 0 Å². The molecule has 12 heteroatoms. The standard InChI is InChI=1S/C18H34N4O8/c23-10-1-15(14-24)22-8-6-20(12-17(27)28)4-2-19(11-16(25)26)3-5-21(7-9-22)13-18(29)30/h15,23-24H,1-14H2,(H,25,26)(H,27,28)(H,29,30). The SMILES string of the molecule is O=C(O)CN1CCN(CC(=O)O)CCN(C(CO)CCO)CCN(CC(=O)O)CC1. The van der Waals surface area contributed by atoms with Gasteiger partial charge in [0.15, 0.2) is 0 Å². The number of hydrogen-bond donors (Lipinski definition) is 5. The van der Waals surface area contributed by atoms with Crippen molar-refractivity contribution < 1.29 is 39.9 Å². The molecule has 0 aromatic carbocycles. The summed E-state index contributed by atoms with van der Waals surface area (Å²) in [6.07, 6.45) is 0.348. The van der Waals surface area contributed by atoms with Crippen molar-refractivity contribution in [2.45, 2.75) is 12.5 Å². The van der Waals surface area contributed by atoms with Crippen LogP contribution in [0.2, 0.25) is 0 Å². The van der Waals surface area contributed by atoms with E-state index < -0.39 is 17.9 Å². The molecular weight excluding hydrogens is 400 g/mol. The van der Waals surface area contributed by atoms with Crippen LogP contribution in [0.1, 0.15) is 6.42 Å². The highest BCUT2D eigenvalue weighted by Gasteiger charge is 2.23. The van der Waals surface area contributed by atoms with Crippen LogP contribution in [0.4, 0.5) is 0 Å². The molecule has 174 valence electrons. The lowest BCUT2D eigenvalue weighted by molar-refractivity contribution is -0.140. The summed E-state index contributed by atoms with van der Waals surface area (Å²) in [5.41, 5.74) is 0. The van der Waals surface area contributed by atoms with E-state index in [1.807, 2.05) is 4.90 Å². The van der Waals surface area contributed by atoms with Crippen LogP contribution in [0.3, 0.4) is 0 Å². The fourth-order valence-corrected chi connectivity index (χ4v) is 3.50. The highest BCUT2D eigenvalue weighted by Crippen LogP contribution is 2.07. The fourth-order valence-electron chi connectivity index (χ4n) is 3.50. The minimum atomic E-state index is -1.00. The molecule has 1 saturated heterocycles. The molecule has 0 bridgehead atoms. The second kappa shape index (κ2) is 14.2. The van der Waals surface area contributed by atoms with E-state index in [0.717, 1.165) is 0 Å². The highest BCUT2D eigenvalue weighted by molar-refractivity contribution is 5.69. The predicted octanol–water partition coefficient (Wildman–Crippen LogP) is -2.79. The number of nitrogens with zero attached hydrogens (tertiary/aromatic N) is 4. The van der Waals surface area contributed by atoms with Crippen molar-refractivity contribution >= 4 is 17.9 Å². The van der Waals surface area contributed by atoms with Gasteiger partial charge in [-0.3, -0.25) is 34.0 Å². The molecular formula is C18H34N4O8. The number of aliphatic hydroxyl groups is 2. The third-order valence-corrected chi connectivity index (χ3v) is 5.14. The molecule has 0 aromatic heterocycles. The first-order valence-corrected chi connectivity index (χ1v) is 10.0. The number of aliphatic carboxylic acids is 3. The summed E-state index contributed by atoms with van der Waals surface area (Å²) in [4.78, 5) is 40.7. The Bertz CT molecular complexity index is 518. The molecule has 0 aromatic rings. The Hall–Kier alpha value is -1.83. The van der Waals surface area contributed by atoms with E-state index in [1.54, 1.807) is 14.7 Å². The summed E-state index contributed by atoms with van der Waals surface area (Å²) in [5.74, 6) is -2.97. The third-order valence-electron chi connectivity index (χ3n) is 5.14. The van der Waals surface area contributed by atoms with Gasteiger partial charge in [-0.1, -0.05) is 0 Å². The number of aliphatic hydroxyl groups excluding tert-OH is 2. The number of rotatable bonds is 10. The molecule has 0 aliphatic carbocycles. The summed E-state index contributed by atoms with van der Waals surface area (Å²) in [6, 6.07) is -0.320. The lowest BCUT2D eigenvalue weighted by Crippen LogP contribution is -2.51. The van der Waals surface area contributed by atoms with E-state index in [4.69, 9.17) is 5.11 Å². The van der Waals surface area contributed by atoms with Crippen LogP contribution in [0.15, 0.2) is 0 Å². The monoisotopic (exact) mass is 434 g/mol. The average Bonchev–Trinajstić information content (AvgIpc) is 2.65. The van der Waals surface area contributed by atoms with Gasteiger partial charge < -0.3 is 25.5 Å². The van der Waals surface area contributed by atoms with Crippen molar-refractivity contribution in [3.63, 3.8) is 0 Å². The second-order valence-electron chi connectivity index (χ2n) is 7.39. The molecule has 1 aliphatic heterocycles. The van der Waals surface area contributed by atoms with Gasteiger partial charge >= 0.3 is 17.9 Å². The Balaban J connectivity index is 2.99. The lowest BCUT2D eigenvalue weighted by Gasteiger charge is -2.36. The predicted molar refractivity (Wildman–Crippen MR) is 106 cm³/mol. The van der Waals surface area contributed by atoms with Crippen molar-refractivity contribution in [3.05, 3.63) is 0 Å². The van der Waals surface area contributed by atoms with E-state index in [-0.39, 0.29) is 38.9 Å². The third kappa shape index (κ3) is 10.8. The Kier molecular flexibility index (Phi) is 12.4. The van der Waals surface area contributed by atoms with Gasteiger partial charge in [-0.2, -0.15) is 0 Å². The van der Waals surface area contributed by atoms with Gasteiger partial charge in [-0.05, 0) is 6.42 Å².